The first-order valence-electron chi connectivity index (χ1n) is 11.5. The summed E-state index contributed by atoms with van der Waals surface area (Å²) < 4.78 is 32.5. The lowest BCUT2D eigenvalue weighted by Crippen LogP contribution is -2.50. The Balaban J connectivity index is 1.72. The number of rotatable bonds is 3. The van der Waals surface area contributed by atoms with Crippen LogP contribution in [0.15, 0.2) is 12.1 Å². The highest BCUT2D eigenvalue weighted by Gasteiger charge is 2.52. The Bertz CT molecular complexity index is 912. The fourth-order valence-corrected chi connectivity index (χ4v) is 4.01. The smallest absolute Gasteiger partial charge is 0.444 e. The van der Waals surface area contributed by atoms with Crippen molar-refractivity contribution in [2.24, 2.45) is 0 Å². The molecule has 2 aliphatic rings. The third-order valence-corrected chi connectivity index (χ3v) is 6.52. The van der Waals surface area contributed by atoms with Crippen LogP contribution in [0.1, 0.15) is 77.2 Å². The lowest BCUT2D eigenvalue weighted by atomic mass is 9.75. The fourth-order valence-electron chi connectivity index (χ4n) is 4.01. The first-order chi connectivity index (χ1) is 15.1. The summed E-state index contributed by atoms with van der Waals surface area (Å²) in [6.07, 6.45) is 0.917. The van der Waals surface area contributed by atoms with Gasteiger partial charge in [0.15, 0.2) is 0 Å². The van der Waals surface area contributed by atoms with Gasteiger partial charge in [0, 0.05) is 19.1 Å². The number of carbonyl (C=O) groups excluding carboxylic acids is 2. The van der Waals surface area contributed by atoms with Gasteiger partial charge in [-0.15, -0.1) is 0 Å². The summed E-state index contributed by atoms with van der Waals surface area (Å²) >= 11 is 0. The van der Waals surface area contributed by atoms with E-state index in [1.54, 1.807) is 31.7 Å². The highest BCUT2D eigenvalue weighted by Crippen LogP contribution is 2.36. The molecule has 33 heavy (non-hydrogen) atoms. The first kappa shape index (κ1) is 25.5. The molecule has 1 aromatic carbocycles. The van der Waals surface area contributed by atoms with E-state index in [4.69, 9.17) is 14.0 Å². The van der Waals surface area contributed by atoms with Crippen LogP contribution < -0.4 is 10.8 Å². The summed E-state index contributed by atoms with van der Waals surface area (Å²) in [6.45, 7) is 15.8. The van der Waals surface area contributed by atoms with Gasteiger partial charge >= 0.3 is 13.2 Å². The van der Waals surface area contributed by atoms with Crippen molar-refractivity contribution in [3.8, 4) is 0 Å². The number of carbonyl (C=O) groups is 2. The van der Waals surface area contributed by atoms with E-state index in [1.165, 1.54) is 6.07 Å². The van der Waals surface area contributed by atoms with Crippen LogP contribution >= 0.6 is 0 Å². The van der Waals surface area contributed by atoms with E-state index in [1.807, 2.05) is 34.6 Å². The number of benzene rings is 1. The third-order valence-electron chi connectivity index (χ3n) is 6.52. The molecular weight excluding hydrogens is 426 g/mol. The van der Waals surface area contributed by atoms with E-state index in [-0.39, 0.29) is 11.6 Å². The van der Waals surface area contributed by atoms with E-state index in [9.17, 15) is 9.59 Å². The average Bonchev–Trinajstić information content (AvgIpc) is 2.88. The molecule has 1 unspecified atom stereocenters. The van der Waals surface area contributed by atoms with Gasteiger partial charge < -0.3 is 24.3 Å². The molecule has 3 rings (SSSR count). The Morgan fingerprint density at radius 1 is 1.18 bits per heavy atom. The molecule has 1 atom stereocenters. The molecule has 182 valence electrons. The maximum absolute atomic E-state index is 15.1. The molecule has 2 heterocycles. The lowest BCUT2D eigenvalue weighted by molar-refractivity contribution is 0.00578. The summed E-state index contributed by atoms with van der Waals surface area (Å²) in [7, 11) is -0.703. The van der Waals surface area contributed by atoms with Gasteiger partial charge in [-0.2, -0.15) is 0 Å². The van der Waals surface area contributed by atoms with Crippen LogP contribution in [0.25, 0.3) is 0 Å². The van der Waals surface area contributed by atoms with Crippen LogP contribution in [-0.4, -0.2) is 60.0 Å². The van der Waals surface area contributed by atoms with Gasteiger partial charge in [-0.1, -0.05) is 5.56 Å². The summed E-state index contributed by atoms with van der Waals surface area (Å²) in [5.74, 6) is -1.01. The Labute approximate surface area is 196 Å². The monoisotopic (exact) mass is 462 g/mol. The minimum atomic E-state index is -0.703. The van der Waals surface area contributed by atoms with Crippen molar-refractivity contribution in [2.75, 3.05) is 13.1 Å². The van der Waals surface area contributed by atoms with Gasteiger partial charge in [-0.25, -0.2) is 9.18 Å². The maximum Gasteiger partial charge on any atom is 0.495 e. The van der Waals surface area contributed by atoms with Crippen LogP contribution in [0.2, 0.25) is 0 Å². The van der Waals surface area contributed by atoms with E-state index in [0.29, 0.717) is 25.0 Å². The number of ether oxygens (including phenoxy) is 1. The quantitative estimate of drug-likeness (QED) is 0.696. The number of aryl methyl sites for hydroxylation is 1. The molecule has 0 aromatic heterocycles. The molecule has 0 aliphatic carbocycles. The van der Waals surface area contributed by atoms with Crippen molar-refractivity contribution < 1.29 is 28.0 Å². The Hall–Kier alpha value is -2.13. The predicted octanol–water partition coefficient (Wildman–Crippen LogP) is 3.56. The van der Waals surface area contributed by atoms with Gasteiger partial charge in [-0.3, -0.25) is 4.79 Å². The van der Waals surface area contributed by atoms with Gasteiger partial charge in [0.25, 0.3) is 5.91 Å². The predicted molar refractivity (Wildman–Crippen MR) is 125 cm³/mol. The van der Waals surface area contributed by atoms with E-state index < -0.39 is 41.7 Å². The normalized spacial score (nSPS) is 22.3. The summed E-state index contributed by atoms with van der Waals surface area (Å²) in [5, 5.41) is 2.82. The number of halogens is 1. The molecule has 0 spiro atoms. The van der Waals surface area contributed by atoms with Gasteiger partial charge in [0.05, 0.1) is 16.8 Å². The number of hydrogen-bond acceptors (Lipinski definition) is 5. The lowest BCUT2D eigenvalue weighted by Gasteiger charge is -2.33. The van der Waals surface area contributed by atoms with Gasteiger partial charge in [0.1, 0.15) is 11.4 Å². The van der Waals surface area contributed by atoms with Crippen molar-refractivity contribution in [2.45, 2.75) is 91.1 Å². The number of likely N-dealkylation sites (tertiary alicyclic amines) is 1. The van der Waals surface area contributed by atoms with E-state index >= 15 is 4.39 Å². The number of nitrogens with zero attached hydrogens (tertiary/aromatic N) is 1. The minimum absolute atomic E-state index is 0.00526. The number of piperidine rings is 1. The number of nitrogens with one attached hydrogen (secondary N) is 1. The van der Waals surface area contributed by atoms with Gasteiger partial charge in [0.2, 0.25) is 0 Å². The first-order valence-corrected chi connectivity index (χ1v) is 11.5. The zero-order valence-electron chi connectivity index (χ0n) is 21.0. The van der Waals surface area contributed by atoms with Crippen molar-refractivity contribution in [3.05, 3.63) is 29.1 Å². The Kier molecular flexibility index (Phi) is 6.88. The molecule has 0 saturated carbocycles. The summed E-state index contributed by atoms with van der Waals surface area (Å²) in [5.41, 5.74) is -0.388. The van der Waals surface area contributed by atoms with Crippen molar-refractivity contribution in [1.82, 2.24) is 10.2 Å². The van der Waals surface area contributed by atoms with E-state index in [0.717, 1.165) is 12.0 Å². The number of hydrogen-bond donors (Lipinski definition) is 1. The second-order valence-corrected chi connectivity index (χ2v) is 11.0. The zero-order chi connectivity index (χ0) is 24.8. The molecule has 2 aliphatic heterocycles. The Morgan fingerprint density at radius 2 is 1.79 bits per heavy atom. The SMILES string of the molecule is Cc1cc(C(=O)N2CCCC(NC(=O)OC(C)(C)C)C2)c(F)cc1B1OC(C)(C)C(C)(C)O1. The molecule has 2 amide bonds. The van der Waals surface area contributed by atoms with Gasteiger partial charge in [-0.05, 0) is 85.8 Å². The molecule has 7 nitrogen and oxygen atoms in total. The largest absolute Gasteiger partial charge is 0.495 e. The van der Waals surface area contributed by atoms with Crippen molar-refractivity contribution in [3.63, 3.8) is 0 Å². The van der Waals surface area contributed by atoms with Crippen molar-refractivity contribution >= 4 is 24.6 Å². The second-order valence-electron chi connectivity index (χ2n) is 11.0. The van der Waals surface area contributed by atoms with Crippen LogP contribution in [0.4, 0.5) is 9.18 Å². The zero-order valence-corrected chi connectivity index (χ0v) is 21.0. The minimum Gasteiger partial charge on any atom is -0.444 e. The summed E-state index contributed by atoms with van der Waals surface area (Å²) in [6, 6.07) is 2.65. The molecule has 0 radical (unpaired) electrons. The highest BCUT2D eigenvalue weighted by molar-refractivity contribution is 6.62. The standard InChI is InChI=1S/C24H36BFN2O5/c1-15-12-17(19(26)13-18(15)25-32-23(5,6)24(7,8)33-25)20(29)28-11-9-10-16(14-28)27-21(30)31-22(2,3)4/h12-13,16H,9-11,14H2,1-8H3,(H,27,30). The second kappa shape index (κ2) is 8.91. The molecule has 1 N–H and O–H groups in total. The van der Waals surface area contributed by atoms with Crippen LogP contribution in [0.3, 0.4) is 0 Å². The van der Waals surface area contributed by atoms with Crippen molar-refractivity contribution in [1.29, 1.82) is 0 Å². The van der Waals surface area contributed by atoms with Crippen LogP contribution in [0, 0.1) is 12.7 Å². The molecule has 1 aromatic rings. The molecule has 9 heteroatoms. The Morgan fingerprint density at radius 3 is 2.36 bits per heavy atom. The molecular formula is C24H36BFN2O5. The third kappa shape index (κ3) is 5.69. The van der Waals surface area contributed by atoms with Crippen LogP contribution in [0.5, 0.6) is 0 Å². The molecule has 2 fully saturated rings. The number of amides is 2. The molecule has 0 bridgehead atoms. The average molecular weight is 462 g/mol. The summed E-state index contributed by atoms with van der Waals surface area (Å²) in [4.78, 5) is 26.8. The van der Waals surface area contributed by atoms with E-state index in [2.05, 4.69) is 5.32 Å². The fraction of sp³-hybridized carbons (Fsp3) is 0.667. The topological polar surface area (TPSA) is 77.1 Å². The molecule has 2 saturated heterocycles. The van der Waals surface area contributed by atoms with Crippen LogP contribution in [-0.2, 0) is 14.0 Å². The number of alkyl carbamates (subject to hydrolysis) is 1. The maximum atomic E-state index is 15.1. The highest BCUT2D eigenvalue weighted by atomic mass is 19.1.